The smallest absolute Gasteiger partial charge is 0.408 e. The van der Waals surface area contributed by atoms with Gasteiger partial charge in [-0.3, -0.25) is 9.78 Å². The molecule has 0 atom stereocenters. The lowest BCUT2D eigenvalue weighted by Gasteiger charge is -2.24. The predicted octanol–water partition coefficient (Wildman–Crippen LogP) is 4.73. The van der Waals surface area contributed by atoms with E-state index in [1.807, 2.05) is 13.0 Å². The number of pyridine rings is 1. The molecule has 34 heavy (non-hydrogen) atoms. The number of aromatic nitrogens is 2. The first-order valence-corrected chi connectivity index (χ1v) is 10.3. The molecule has 3 heterocycles. The largest absolute Gasteiger partial charge is 0.586 e. The van der Waals surface area contributed by atoms with Crippen molar-refractivity contribution in [3.63, 3.8) is 0 Å². The highest BCUT2D eigenvalue weighted by atomic mass is 19.3. The zero-order valence-electron chi connectivity index (χ0n) is 18.4. The first kappa shape index (κ1) is 21.6. The number of anilines is 1. The maximum atomic E-state index is 13.4. The third kappa shape index (κ3) is 3.76. The molecule has 1 amide bonds. The van der Waals surface area contributed by atoms with E-state index in [-0.39, 0.29) is 11.5 Å². The Morgan fingerprint density at radius 3 is 2.62 bits per heavy atom. The molecule has 2 N–H and O–H groups in total. The average Bonchev–Trinajstić information content (AvgIpc) is 3.30. The fourth-order valence-electron chi connectivity index (χ4n) is 3.73. The molecule has 174 valence electrons. The van der Waals surface area contributed by atoms with Crippen LogP contribution in [0, 0.1) is 6.92 Å². The highest BCUT2D eigenvalue weighted by Crippen LogP contribution is 2.43. The van der Waals surface area contributed by atoms with Crippen molar-refractivity contribution < 1.29 is 27.5 Å². The molecule has 1 aliphatic heterocycles. The lowest BCUT2D eigenvalue weighted by Crippen LogP contribution is -2.35. The van der Waals surface area contributed by atoms with Crippen LogP contribution in [0.2, 0.25) is 0 Å². The quantitative estimate of drug-likeness (QED) is 0.450. The number of aryl methyl sites for hydroxylation is 1. The molecule has 0 saturated heterocycles. The normalized spacial score (nSPS) is 14.4. The van der Waals surface area contributed by atoms with E-state index >= 15 is 0 Å². The number of hydrogen-bond donors (Lipinski definition) is 2. The molecule has 0 fully saturated rings. The molecule has 0 radical (unpaired) electrons. The second-order valence-electron chi connectivity index (χ2n) is 8.50. The van der Waals surface area contributed by atoms with Gasteiger partial charge in [0.15, 0.2) is 17.1 Å². The molecular weight excluding hydrogens is 448 g/mol. The van der Waals surface area contributed by atoms with E-state index in [4.69, 9.17) is 4.42 Å². The Hall–Kier alpha value is -4.21. The van der Waals surface area contributed by atoms with Crippen molar-refractivity contribution in [2.24, 2.45) is 0 Å². The summed E-state index contributed by atoms with van der Waals surface area (Å²) < 4.78 is 40.7. The maximum Gasteiger partial charge on any atom is 0.586 e. The number of rotatable bonds is 4. The highest BCUT2D eigenvalue weighted by molar-refractivity contribution is 5.98. The minimum absolute atomic E-state index is 0.0919. The topological polar surface area (TPSA) is 106 Å². The van der Waals surface area contributed by atoms with Crippen molar-refractivity contribution in [2.45, 2.75) is 32.5 Å². The van der Waals surface area contributed by atoms with Crippen LogP contribution in [0.4, 0.5) is 14.6 Å². The lowest BCUT2D eigenvalue weighted by atomic mass is 9.83. The molecule has 1 aliphatic rings. The number of amides is 1. The Morgan fingerprint density at radius 1 is 1.06 bits per heavy atom. The van der Waals surface area contributed by atoms with Crippen LogP contribution in [0.25, 0.3) is 22.4 Å². The van der Waals surface area contributed by atoms with E-state index in [9.17, 15) is 18.4 Å². The van der Waals surface area contributed by atoms with Crippen molar-refractivity contribution in [2.75, 3.05) is 5.32 Å². The number of carbonyl (C=O) groups is 1. The molecule has 0 bridgehead atoms. The molecule has 0 unspecified atom stereocenters. The number of oxazole rings is 1. The number of halogens is 2. The Morgan fingerprint density at radius 2 is 1.82 bits per heavy atom. The van der Waals surface area contributed by atoms with E-state index in [0.29, 0.717) is 28.2 Å². The number of aromatic amines is 1. The standard InChI is InChI=1S/C24H19F2N3O5/c1-12-4-9-19(28-20(12)13-5-7-16-15(10-13)27-22(31)32-16)29-21(30)23(2,3)14-6-8-17-18(11-14)34-24(25,26)33-17/h4-11H,1-3H3,(H,27,31)(H,28,29,30). The summed E-state index contributed by atoms with van der Waals surface area (Å²) in [6, 6.07) is 12.9. The van der Waals surface area contributed by atoms with Gasteiger partial charge in [0.05, 0.1) is 16.6 Å². The third-order valence-electron chi connectivity index (χ3n) is 5.72. The van der Waals surface area contributed by atoms with Crippen molar-refractivity contribution in [1.82, 2.24) is 9.97 Å². The second kappa shape index (κ2) is 7.41. The zero-order valence-corrected chi connectivity index (χ0v) is 18.4. The van der Waals surface area contributed by atoms with Gasteiger partial charge in [0.25, 0.3) is 0 Å². The van der Waals surface area contributed by atoms with Crippen LogP contribution < -0.4 is 20.5 Å². The van der Waals surface area contributed by atoms with E-state index in [1.54, 1.807) is 38.1 Å². The molecule has 10 heteroatoms. The maximum absolute atomic E-state index is 13.4. The molecule has 5 rings (SSSR count). The van der Waals surface area contributed by atoms with Crippen LogP contribution in [0.1, 0.15) is 25.0 Å². The summed E-state index contributed by atoms with van der Waals surface area (Å²) in [4.78, 5) is 31.8. The summed E-state index contributed by atoms with van der Waals surface area (Å²) in [6.07, 6.45) is -3.73. The van der Waals surface area contributed by atoms with Crippen molar-refractivity contribution >= 4 is 22.8 Å². The van der Waals surface area contributed by atoms with Crippen molar-refractivity contribution in [1.29, 1.82) is 0 Å². The first-order chi connectivity index (χ1) is 16.0. The number of H-pyrrole nitrogens is 1. The first-order valence-electron chi connectivity index (χ1n) is 10.3. The number of nitrogens with zero attached hydrogens (tertiary/aromatic N) is 1. The number of ether oxygens (including phenoxy) is 2. The average molecular weight is 467 g/mol. The van der Waals surface area contributed by atoms with Crippen molar-refractivity contribution in [3.8, 4) is 22.8 Å². The summed E-state index contributed by atoms with van der Waals surface area (Å²) in [5.74, 6) is -0.855. The Balaban J connectivity index is 1.42. The van der Waals surface area contributed by atoms with Gasteiger partial charge in [-0.1, -0.05) is 12.1 Å². The fourth-order valence-corrected chi connectivity index (χ4v) is 3.73. The number of carbonyl (C=O) groups excluding carboxylic acids is 1. The second-order valence-corrected chi connectivity index (χ2v) is 8.50. The summed E-state index contributed by atoms with van der Waals surface area (Å²) in [5.41, 5.74) is 2.54. The lowest BCUT2D eigenvalue weighted by molar-refractivity contribution is -0.286. The van der Waals surface area contributed by atoms with Gasteiger partial charge in [0, 0.05) is 5.56 Å². The molecule has 0 aliphatic carbocycles. The third-order valence-corrected chi connectivity index (χ3v) is 5.72. The van der Waals surface area contributed by atoms with Gasteiger partial charge < -0.3 is 19.2 Å². The number of nitrogens with one attached hydrogen (secondary N) is 2. The van der Waals surface area contributed by atoms with E-state index in [1.165, 1.54) is 18.2 Å². The number of hydrogen-bond acceptors (Lipinski definition) is 6. The monoisotopic (exact) mass is 467 g/mol. The minimum Gasteiger partial charge on any atom is -0.408 e. The van der Waals surface area contributed by atoms with Gasteiger partial charge in [0.2, 0.25) is 5.91 Å². The Bertz CT molecular complexity index is 1510. The number of benzene rings is 2. The molecule has 2 aromatic heterocycles. The van der Waals surface area contributed by atoms with Gasteiger partial charge in [-0.15, -0.1) is 8.78 Å². The van der Waals surface area contributed by atoms with Gasteiger partial charge in [-0.25, -0.2) is 9.78 Å². The highest BCUT2D eigenvalue weighted by Gasteiger charge is 2.44. The van der Waals surface area contributed by atoms with E-state index < -0.39 is 23.4 Å². The van der Waals surface area contributed by atoms with Crippen LogP contribution >= 0.6 is 0 Å². The van der Waals surface area contributed by atoms with Crippen LogP contribution in [0.5, 0.6) is 11.5 Å². The zero-order chi connectivity index (χ0) is 24.3. The summed E-state index contributed by atoms with van der Waals surface area (Å²) in [7, 11) is 0. The fraction of sp³-hybridized carbons (Fsp3) is 0.208. The Labute approximate surface area is 191 Å². The van der Waals surface area contributed by atoms with Gasteiger partial charge in [-0.2, -0.15) is 0 Å². The molecule has 0 spiro atoms. The molecule has 2 aromatic carbocycles. The van der Waals surface area contributed by atoms with Gasteiger partial charge in [0.1, 0.15) is 5.82 Å². The Kier molecular flexibility index (Phi) is 4.71. The van der Waals surface area contributed by atoms with Crippen LogP contribution in [-0.4, -0.2) is 22.2 Å². The van der Waals surface area contributed by atoms with Gasteiger partial charge >= 0.3 is 12.1 Å². The SMILES string of the molecule is Cc1ccc(NC(=O)C(C)(C)c2ccc3c(c2)OC(F)(F)O3)nc1-c1ccc2oc(=O)[nH]c2c1. The van der Waals surface area contributed by atoms with E-state index in [2.05, 4.69) is 24.8 Å². The predicted molar refractivity (Wildman–Crippen MR) is 119 cm³/mol. The molecule has 4 aromatic rings. The van der Waals surface area contributed by atoms with Crippen LogP contribution in [0.3, 0.4) is 0 Å². The summed E-state index contributed by atoms with van der Waals surface area (Å²) >= 11 is 0. The molecule has 0 saturated carbocycles. The minimum atomic E-state index is -3.73. The van der Waals surface area contributed by atoms with Crippen LogP contribution in [-0.2, 0) is 10.2 Å². The number of alkyl halides is 2. The van der Waals surface area contributed by atoms with E-state index in [0.717, 1.165) is 11.1 Å². The summed E-state index contributed by atoms with van der Waals surface area (Å²) in [5, 5.41) is 2.80. The summed E-state index contributed by atoms with van der Waals surface area (Å²) in [6.45, 7) is 5.20. The van der Waals surface area contributed by atoms with Crippen LogP contribution in [0.15, 0.2) is 57.7 Å². The molecular formula is C24H19F2N3O5. The van der Waals surface area contributed by atoms with Gasteiger partial charge in [-0.05, 0) is 68.3 Å². The molecule has 8 nitrogen and oxygen atoms in total. The number of fused-ring (bicyclic) bond motifs is 2. The van der Waals surface area contributed by atoms with Crippen molar-refractivity contribution in [3.05, 3.63) is 70.2 Å².